The summed E-state index contributed by atoms with van der Waals surface area (Å²) in [7, 11) is 1.37. The van der Waals surface area contributed by atoms with Gasteiger partial charge in [-0.3, -0.25) is 4.79 Å². The molecule has 0 heterocycles. The number of carbonyl (C=O) groups is 2. The maximum Gasteiger partial charge on any atom is 0.342 e. The lowest BCUT2D eigenvalue weighted by Crippen LogP contribution is -2.35. The predicted molar refractivity (Wildman–Crippen MR) is 92.8 cm³/mol. The molecule has 0 saturated carbocycles. The summed E-state index contributed by atoms with van der Waals surface area (Å²) >= 11 is 5.80. The topological polar surface area (TPSA) is 84.9 Å². The number of esters is 1. The number of ether oxygens (including phenoxy) is 2. The van der Waals surface area contributed by atoms with E-state index < -0.39 is 18.0 Å². The van der Waals surface area contributed by atoms with Gasteiger partial charge in [-0.05, 0) is 36.8 Å². The average molecular weight is 364 g/mol. The van der Waals surface area contributed by atoms with Crippen LogP contribution in [-0.2, 0) is 16.1 Å². The molecule has 25 heavy (non-hydrogen) atoms. The summed E-state index contributed by atoms with van der Waals surface area (Å²) in [6, 6.07) is 11.4. The molecule has 2 N–H and O–H groups in total. The molecule has 0 fully saturated rings. The second-order valence-electron chi connectivity index (χ2n) is 5.25. The van der Waals surface area contributed by atoms with Crippen molar-refractivity contribution in [1.82, 2.24) is 5.32 Å². The molecule has 2 aromatic carbocycles. The molecule has 2 aromatic rings. The first-order valence-electron chi connectivity index (χ1n) is 7.51. The summed E-state index contributed by atoms with van der Waals surface area (Å²) in [5.41, 5.74) is 0.790. The molecule has 7 heteroatoms. The van der Waals surface area contributed by atoms with E-state index >= 15 is 0 Å². The van der Waals surface area contributed by atoms with Gasteiger partial charge in [-0.2, -0.15) is 0 Å². The molecule has 0 saturated heterocycles. The van der Waals surface area contributed by atoms with Crippen LogP contribution in [0.3, 0.4) is 0 Å². The van der Waals surface area contributed by atoms with Gasteiger partial charge in [-0.25, -0.2) is 4.79 Å². The highest BCUT2D eigenvalue weighted by Gasteiger charge is 2.22. The van der Waals surface area contributed by atoms with Crippen LogP contribution in [-0.4, -0.2) is 30.2 Å². The largest absolute Gasteiger partial charge is 0.504 e. The van der Waals surface area contributed by atoms with E-state index in [1.54, 1.807) is 30.3 Å². The third kappa shape index (κ3) is 4.87. The second-order valence-corrected chi connectivity index (χ2v) is 5.68. The third-order valence-electron chi connectivity index (χ3n) is 3.47. The van der Waals surface area contributed by atoms with E-state index in [1.807, 2.05) is 0 Å². The molecule has 0 spiro atoms. The Bertz CT molecular complexity index is 761. The van der Waals surface area contributed by atoms with Gasteiger partial charge in [-0.1, -0.05) is 29.8 Å². The van der Waals surface area contributed by atoms with Gasteiger partial charge < -0.3 is 19.9 Å². The Kier molecular flexibility index (Phi) is 6.25. The Balaban J connectivity index is 1.94. The highest BCUT2D eigenvalue weighted by molar-refractivity contribution is 6.30. The first-order chi connectivity index (χ1) is 11.9. The van der Waals surface area contributed by atoms with Crippen LogP contribution < -0.4 is 10.1 Å². The molecule has 0 aliphatic heterocycles. The Morgan fingerprint density at radius 3 is 2.52 bits per heavy atom. The Labute approximate surface area is 150 Å². The van der Waals surface area contributed by atoms with Crippen molar-refractivity contribution in [1.29, 1.82) is 0 Å². The summed E-state index contributed by atoms with van der Waals surface area (Å²) in [4.78, 5) is 24.2. The molecule has 1 atom stereocenters. The van der Waals surface area contributed by atoms with Crippen LogP contribution in [0.5, 0.6) is 11.5 Å². The quantitative estimate of drug-likeness (QED) is 0.771. The second kappa shape index (κ2) is 8.39. The summed E-state index contributed by atoms with van der Waals surface area (Å²) in [5, 5.41) is 13.2. The van der Waals surface area contributed by atoms with Crippen molar-refractivity contribution in [3.8, 4) is 11.5 Å². The fourth-order valence-electron chi connectivity index (χ4n) is 2.06. The zero-order valence-corrected chi connectivity index (χ0v) is 14.5. The number of halogens is 1. The average Bonchev–Trinajstić information content (AvgIpc) is 2.61. The standard InChI is InChI=1S/C18H18ClNO5/c1-11(17(22)20-10-12-6-8-13(19)9-7-12)25-18(23)14-4-3-5-15(24-2)16(14)21/h3-9,11,21H,10H2,1-2H3,(H,20,22). The molecule has 0 aliphatic rings. The number of phenols is 1. The van der Waals surface area contributed by atoms with Gasteiger partial charge in [0, 0.05) is 11.6 Å². The number of amides is 1. The SMILES string of the molecule is COc1cccc(C(=O)OC(C)C(=O)NCc2ccc(Cl)cc2)c1O. The highest BCUT2D eigenvalue weighted by atomic mass is 35.5. The van der Waals surface area contributed by atoms with Crippen LogP contribution in [0.2, 0.25) is 5.02 Å². The summed E-state index contributed by atoms with van der Waals surface area (Å²) in [6.07, 6.45) is -1.02. The van der Waals surface area contributed by atoms with E-state index in [4.69, 9.17) is 21.1 Å². The maximum absolute atomic E-state index is 12.1. The molecule has 0 aromatic heterocycles. The molecule has 0 aliphatic carbocycles. The van der Waals surface area contributed by atoms with Crippen LogP contribution in [0.4, 0.5) is 0 Å². The fraction of sp³-hybridized carbons (Fsp3) is 0.222. The smallest absolute Gasteiger partial charge is 0.342 e. The van der Waals surface area contributed by atoms with Gasteiger partial charge in [0.05, 0.1) is 7.11 Å². The van der Waals surface area contributed by atoms with Gasteiger partial charge in [0.15, 0.2) is 17.6 Å². The molecular weight excluding hydrogens is 346 g/mol. The number of para-hydroxylation sites is 1. The van der Waals surface area contributed by atoms with Crippen molar-refractivity contribution in [3.05, 3.63) is 58.6 Å². The molecule has 1 amide bonds. The minimum absolute atomic E-state index is 0.0725. The van der Waals surface area contributed by atoms with Gasteiger partial charge in [0.2, 0.25) is 0 Å². The minimum Gasteiger partial charge on any atom is -0.504 e. The predicted octanol–water partition coefficient (Wildman–Crippen LogP) is 2.92. The lowest BCUT2D eigenvalue weighted by atomic mass is 10.2. The zero-order chi connectivity index (χ0) is 18.4. The van der Waals surface area contributed by atoms with Crippen LogP contribution in [0.25, 0.3) is 0 Å². The molecule has 1 unspecified atom stereocenters. The van der Waals surface area contributed by atoms with E-state index in [2.05, 4.69) is 5.32 Å². The van der Waals surface area contributed by atoms with Gasteiger partial charge in [-0.15, -0.1) is 0 Å². The van der Waals surface area contributed by atoms with E-state index in [0.29, 0.717) is 5.02 Å². The van der Waals surface area contributed by atoms with Crippen molar-refractivity contribution in [3.63, 3.8) is 0 Å². The maximum atomic E-state index is 12.1. The third-order valence-corrected chi connectivity index (χ3v) is 3.72. The van der Waals surface area contributed by atoms with Crippen molar-refractivity contribution < 1.29 is 24.2 Å². The van der Waals surface area contributed by atoms with Crippen molar-refractivity contribution in [2.24, 2.45) is 0 Å². The molecule has 6 nitrogen and oxygen atoms in total. The number of benzene rings is 2. The summed E-state index contributed by atoms with van der Waals surface area (Å²) < 4.78 is 10.0. The first kappa shape index (κ1) is 18.6. The Morgan fingerprint density at radius 1 is 1.20 bits per heavy atom. The number of rotatable bonds is 6. The van der Waals surface area contributed by atoms with Gasteiger partial charge in [0.1, 0.15) is 5.56 Å². The number of hydrogen-bond donors (Lipinski definition) is 2. The van der Waals surface area contributed by atoms with E-state index in [1.165, 1.54) is 26.2 Å². The monoisotopic (exact) mass is 363 g/mol. The van der Waals surface area contributed by atoms with Crippen LogP contribution in [0, 0.1) is 0 Å². The van der Waals surface area contributed by atoms with Crippen molar-refractivity contribution >= 4 is 23.5 Å². The number of hydrogen-bond acceptors (Lipinski definition) is 5. The normalized spacial score (nSPS) is 11.5. The number of carbonyl (C=O) groups excluding carboxylic acids is 2. The van der Waals surface area contributed by atoms with Gasteiger partial charge >= 0.3 is 5.97 Å². The van der Waals surface area contributed by atoms with E-state index in [0.717, 1.165) is 5.56 Å². The van der Waals surface area contributed by atoms with Crippen molar-refractivity contribution in [2.45, 2.75) is 19.6 Å². The van der Waals surface area contributed by atoms with Crippen LogP contribution in [0.15, 0.2) is 42.5 Å². The van der Waals surface area contributed by atoms with Crippen LogP contribution >= 0.6 is 11.6 Å². The number of aromatic hydroxyl groups is 1. The highest BCUT2D eigenvalue weighted by Crippen LogP contribution is 2.29. The number of nitrogens with one attached hydrogen (secondary N) is 1. The van der Waals surface area contributed by atoms with Gasteiger partial charge in [0.25, 0.3) is 5.91 Å². The van der Waals surface area contributed by atoms with E-state index in [-0.39, 0.29) is 23.6 Å². The first-order valence-corrected chi connectivity index (χ1v) is 7.89. The number of phenolic OH excluding ortho intramolecular Hbond substituents is 1. The minimum atomic E-state index is -1.02. The Hall–Kier alpha value is -2.73. The zero-order valence-electron chi connectivity index (χ0n) is 13.8. The lowest BCUT2D eigenvalue weighted by molar-refractivity contribution is -0.129. The molecule has 132 valence electrons. The lowest BCUT2D eigenvalue weighted by Gasteiger charge is -2.14. The molecule has 2 rings (SSSR count). The number of methoxy groups -OCH3 is 1. The Morgan fingerprint density at radius 2 is 1.88 bits per heavy atom. The van der Waals surface area contributed by atoms with Crippen LogP contribution in [0.1, 0.15) is 22.8 Å². The van der Waals surface area contributed by atoms with Crippen molar-refractivity contribution in [2.75, 3.05) is 7.11 Å². The molecule has 0 radical (unpaired) electrons. The van der Waals surface area contributed by atoms with E-state index in [9.17, 15) is 14.7 Å². The summed E-state index contributed by atoms with van der Waals surface area (Å²) in [6.45, 7) is 1.73. The molecular formula is C18H18ClNO5. The molecule has 0 bridgehead atoms. The fourth-order valence-corrected chi connectivity index (χ4v) is 2.19. The summed E-state index contributed by atoms with van der Waals surface area (Å²) in [5.74, 6) is -1.45.